The van der Waals surface area contributed by atoms with Crippen molar-refractivity contribution in [3.05, 3.63) is 65.6 Å². The number of sulfonamides is 1. The molecule has 0 radical (unpaired) electrons. The first kappa shape index (κ1) is 18.0. The molecule has 0 fully saturated rings. The van der Waals surface area contributed by atoms with Crippen molar-refractivity contribution in [3.8, 4) is 0 Å². The number of rotatable bonds is 6. The number of hydrazine groups is 1. The molecule has 24 heavy (non-hydrogen) atoms. The molecule has 0 bridgehead atoms. The highest BCUT2D eigenvalue weighted by atomic mass is 32.2. The van der Waals surface area contributed by atoms with Crippen LogP contribution in [0.1, 0.15) is 19.4 Å². The molecule has 0 aromatic heterocycles. The van der Waals surface area contributed by atoms with Gasteiger partial charge in [0, 0.05) is 11.8 Å². The standard InChI is InChI=1S/C17H20N2O4S/c1-12(2)10-13-6-8-15(9-7-13)24(22,23)19-18-11-14-4-3-5-16(20)17(14)21/h3-9,11-12,18-20H,10H2,1-2H3/b14-11+. The summed E-state index contributed by atoms with van der Waals surface area (Å²) >= 11 is 0. The van der Waals surface area contributed by atoms with Crippen molar-refractivity contribution in [2.24, 2.45) is 5.92 Å². The van der Waals surface area contributed by atoms with E-state index in [9.17, 15) is 18.3 Å². The number of aliphatic hydroxyl groups is 1. The average Bonchev–Trinajstić information content (AvgIpc) is 2.51. The number of benzene rings is 1. The average molecular weight is 348 g/mol. The van der Waals surface area contributed by atoms with Gasteiger partial charge < -0.3 is 10.5 Å². The lowest BCUT2D eigenvalue weighted by Gasteiger charge is -2.10. The second-order valence-corrected chi connectivity index (χ2v) is 7.51. The summed E-state index contributed by atoms with van der Waals surface area (Å²) in [6, 6.07) is 6.64. The third-order valence-electron chi connectivity index (χ3n) is 3.32. The maximum Gasteiger partial charge on any atom is 0.257 e. The molecule has 0 saturated carbocycles. The van der Waals surface area contributed by atoms with Crippen LogP contribution >= 0.6 is 0 Å². The summed E-state index contributed by atoms with van der Waals surface area (Å²) in [6.45, 7) is 4.19. The van der Waals surface area contributed by atoms with E-state index in [2.05, 4.69) is 24.1 Å². The molecule has 2 rings (SSSR count). The molecular formula is C17H20N2O4S. The highest BCUT2D eigenvalue weighted by Crippen LogP contribution is 2.13. The predicted molar refractivity (Wildman–Crippen MR) is 91.4 cm³/mol. The van der Waals surface area contributed by atoms with Gasteiger partial charge in [0.1, 0.15) is 0 Å². The van der Waals surface area contributed by atoms with Gasteiger partial charge in [0.2, 0.25) is 5.78 Å². The number of carbonyl (C=O) groups is 1. The highest BCUT2D eigenvalue weighted by molar-refractivity contribution is 7.89. The van der Waals surface area contributed by atoms with Crippen LogP contribution in [0.25, 0.3) is 0 Å². The molecule has 0 spiro atoms. The molecular weight excluding hydrogens is 328 g/mol. The fourth-order valence-corrected chi connectivity index (χ4v) is 3.00. The molecule has 1 aromatic rings. The minimum absolute atomic E-state index is 0.120. The first-order valence-electron chi connectivity index (χ1n) is 7.48. The van der Waals surface area contributed by atoms with E-state index in [1.54, 1.807) is 12.1 Å². The van der Waals surface area contributed by atoms with Crippen molar-refractivity contribution in [3.63, 3.8) is 0 Å². The molecule has 1 aliphatic rings. The molecule has 1 aliphatic carbocycles. The fourth-order valence-electron chi connectivity index (χ4n) is 2.18. The first-order valence-corrected chi connectivity index (χ1v) is 8.96. The Balaban J connectivity index is 2.03. The monoisotopic (exact) mass is 348 g/mol. The maximum atomic E-state index is 12.2. The number of hydrogen-bond acceptors (Lipinski definition) is 5. The zero-order chi connectivity index (χ0) is 17.7. The molecule has 0 unspecified atom stereocenters. The fraction of sp³-hybridized carbons (Fsp3) is 0.235. The normalized spacial score (nSPS) is 16.5. The zero-order valence-electron chi connectivity index (χ0n) is 13.5. The summed E-state index contributed by atoms with van der Waals surface area (Å²) in [7, 11) is -3.76. The van der Waals surface area contributed by atoms with Gasteiger partial charge in [-0.05, 0) is 42.2 Å². The third-order valence-corrected chi connectivity index (χ3v) is 4.60. The maximum absolute atomic E-state index is 12.2. The zero-order valence-corrected chi connectivity index (χ0v) is 14.3. The number of carbonyl (C=O) groups excluding carboxylic acids is 1. The van der Waals surface area contributed by atoms with E-state index < -0.39 is 21.6 Å². The minimum Gasteiger partial charge on any atom is -0.504 e. The van der Waals surface area contributed by atoms with Crippen molar-refractivity contribution < 1.29 is 18.3 Å². The molecule has 0 heterocycles. The molecule has 7 heteroatoms. The summed E-state index contributed by atoms with van der Waals surface area (Å²) in [5.74, 6) is -0.484. The van der Waals surface area contributed by atoms with E-state index >= 15 is 0 Å². The number of allylic oxidation sites excluding steroid dienone is 4. The Morgan fingerprint density at radius 2 is 1.88 bits per heavy atom. The molecule has 0 amide bonds. The van der Waals surface area contributed by atoms with Crippen LogP contribution in [0.3, 0.4) is 0 Å². The van der Waals surface area contributed by atoms with Crippen LogP contribution in [0.15, 0.2) is 64.9 Å². The Morgan fingerprint density at radius 3 is 2.50 bits per heavy atom. The molecule has 0 aliphatic heterocycles. The van der Waals surface area contributed by atoms with Gasteiger partial charge in [-0.25, -0.2) is 8.42 Å². The number of Topliss-reactive ketones (excluding diaryl/α,β-unsaturated/α-hetero) is 1. The van der Waals surface area contributed by atoms with Crippen LogP contribution in [-0.4, -0.2) is 19.3 Å². The van der Waals surface area contributed by atoms with Crippen LogP contribution < -0.4 is 10.3 Å². The summed E-state index contributed by atoms with van der Waals surface area (Å²) in [5, 5.41) is 9.33. The van der Waals surface area contributed by atoms with Gasteiger partial charge >= 0.3 is 0 Å². The smallest absolute Gasteiger partial charge is 0.257 e. The molecule has 128 valence electrons. The lowest BCUT2D eigenvalue weighted by atomic mass is 10.0. The van der Waals surface area contributed by atoms with Gasteiger partial charge in [-0.3, -0.25) is 4.79 Å². The second kappa shape index (κ2) is 7.46. The molecule has 1 aromatic carbocycles. The number of aliphatic hydroxyl groups excluding tert-OH is 1. The number of ketones is 1. The van der Waals surface area contributed by atoms with Crippen LogP contribution in [0.2, 0.25) is 0 Å². The van der Waals surface area contributed by atoms with Gasteiger partial charge in [-0.2, -0.15) is 0 Å². The lowest BCUT2D eigenvalue weighted by Crippen LogP contribution is -2.34. The lowest BCUT2D eigenvalue weighted by molar-refractivity contribution is -0.114. The van der Waals surface area contributed by atoms with E-state index in [0.717, 1.165) is 12.0 Å². The number of nitrogens with one attached hydrogen (secondary N) is 2. The largest absolute Gasteiger partial charge is 0.504 e. The quantitative estimate of drug-likeness (QED) is 0.541. The summed E-state index contributed by atoms with van der Waals surface area (Å²) in [5.41, 5.74) is 3.59. The minimum atomic E-state index is -3.76. The Kier molecular flexibility index (Phi) is 5.58. The summed E-state index contributed by atoms with van der Waals surface area (Å²) < 4.78 is 24.4. The first-order chi connectivity index (χ1) is 11.3. The topological polar surface area (TPSA) is 95.5 Å². The molecule has 3 N–H and O–H groups in total. The highest BCUT2D eigenvalue weighted by Gasteiger charge is 2.16. The van der Waals surface area contributed by atoms with Crippen molar-refractivity contribution in [1.29, 1.82) is 0 Å². The Labute approximate surface area is 141 Å². The van der Waals surface area contributed by atoms with E-state index in [0.29, 0.717) is 5.92 Å². The van der Waals surface area contributed by atoms with E-state index in [4.69, 9.17) is 0 Å². The van der Waals surface area contributed by atoms with E-state index in [1.807, 2.05) is 0 Å². The van der Waals surface area contributed by atoms with Crippen LogP contribution in [0.4, 0.5) is 0 Å². The van der Waals surface area contributed by atoms with Gasteiger partial charge in [-0.1, -0.05) is 32.1 Å². The van der Waals surface area contributed by atoms with Crippen molar-refractivity contribution >= 4 is 15.8 Å². The van der Waals surface area contributed by atoms with Crippen LogP contribution in [0, 0.1) is 5.92 Å². The Hall–Kier alpha value is -2.38. The summed E-state index contributed by atoms with van der Waals surface area (Å²) in [6.07, 6.45) is 6.29. The molecule has 0 atom stereocenters. The van der Waals surface area contributed by atoms with Gasteiger partial charge in [0.25, 0.3) is 10.0 Å². The van der Waals surface area contributed by atoms with Crippen LogP contribution in [-0.2, 0) is 21.2 Å². The van der Waals surface area contributed by atoms with E-state index in [-0.39, 0.29) is 10.5 Å². The third kappa shape index (κ3) is 4.56. The summed E-state index contributed by atoms with van der Waals surface area (Å²) in [4.78, 5) is 13.9. The Morgan fingerprint density at radius 1 is 1.21 bits per heavy atom. The van der Waals surface area contributed by atoms with Crippen LogP contribution in [0.5, 0.6) is 0 Å². The van der Waals surface area contributed by atoms with E-state index in [1.165, 1.54) is 36.6 Å². The number of hydrogen-bond donors (Lipinski definition) is 3. The SMILES string of the molecule is CC(C)Cc1ccc(S(=O)(=O)NN/C=C2\C=CC=C(O)C2=O)cc1. The second-order valence-electron chi connectivity index (χ2n) is 5.83. The molecule has 6 nitrogen and oxygen atoms in total. The van der Waals surface area contributed by atoms with Gasteiger partial charge in [-0.15, -0.1) is 4.83 Å². The van der Waals surface area contributed by atoms with Crippen molar-refractivity contribution in [2.45, 2.75) is 25.2 Å². The molecule has 0 saturated heterocycles. The van der Waals surface area contributed by atoms with Gasteiger partial charge in [0.15, 0.2) is 5.76 Å². The van der Waals surface area contributed by atoms with Crippen molar-refractivity contribution in [2.75, 3.05) is 0 Å². The van der Waals surface area contributed by atoms with Crippen molar-refractivity contribution in [1.82, 2.24) is 10.3 Å². The Bertz CT molecular complexity index is 803. The van der Waals surface area contributed by atoms with Gasteiger partial charge in [0.05, 0.1) is 4.90 Å². The predicted octanol–water partition coefficient (Wildman–Crippen LogP) is 2.13.